The molecule has 1 aromatic carbocycles. The van der Waals surface area contributed by atoms with Gasteiger partial charge in [0.25, 0.3) is 0 Å². The van der Waals surface area contributed by atoms with Crippen LogP contribution in [0, 0.1) is 27.8 Å². The maximum absolute atomic E-state index is 13.4. The van der Waals surface area contributed by atoms with E-state index < -0.39 is 40.1 Å². The molecular formula is C13H13FN2O5. The van der Waals surface area contributed by atoms with Gasteiger partial charge in [-0.1, -0.05) is 0 Å². The summed E-state index contributed by atoms with van der Waals surface area (Å²) >= 11 is 0. The average molecular weight is 296 g/mol. The first-order valence-corrected chi connectivity index (χ1v) is 6.36. The lowest BCUT2D eigenvalue weighted by molar-refractivity contribution is -0.387. The molecule has 0 radical (unpaired) electrons. The van der Waals surface area contributed by atoms with Crippen molar-refractivity contribution in [2.75, 3.05) is 5.32 Å². The van der Waals surface area contributed by atoms with Gasteiger partial charge >= 0.3 is 11.7 Å². The van der Waals surface area contributed by atoms with Gasteiger partial charge in [-0.3, -0.25) is 19.7 Å². The molecule has 1 aliphatic carbocycles. The first-order valence-electron chi connectivity index (χ1n) is 6.36. The molecule has 2 unspecified atom stereocenters. The molecule has 1 aromatic rings. The Hall–Kier alpha value is -2.51. The van der Waals surface area contributed by atoms with Gasteiger partial charge < -0.3 is 10.4 Å². The number of carbonyl (C=O) groups is 2. The van der Waals surface area contributed by atoms with Crippen molar-refractivity contribution in [3.63, 3.8) is 0 Å². The Bertz CT molecular complexity index is 604. The SMILES string of the molecule is O=C(O)C1CCC(C(=O)Nc2ccc([N+](=O)[O-])c(F)c2)C1. The summed E-state index contributed by atoms with van der Waals surface area (Å²) < 4.78 is 13.4. The van der Waals surface area contributed by atoms with E-state index in [9.17, 15) is 24.1 Å². The van der Waals surface area contributed by atoms with Gasteiger partial charge in [0.1, 0.15) is 0 Å². The average Bonchev–Trinajstić information content (AvgIpc) is 2.88. The van der Waals surface area contributed by atoms with Gasteiger partial charge in [0.2, 0.25) is 11.7 Å². The number of nitro benzene ring substituents is 1. The lowest BCUT2D eigenvalue weighted by atomic mass is 10.0. The first-order chi connectivity index (χ1) is 9.88. The smallest absolute Gasteiger partial charge is 0.306 e. The highest BCUT2D eigenvalue weighted by molar-refractivity contribution is 5.93. The highest BCUT2D eigenvalue weighted by Gasteiger charge is 2.33. The Balaban J connectivity index is 2.02. The van der Waals surface area contributed by atoms with Crippen LogP contribution in [0.3, 0.4) is 0 Å². The molecule has 1 aliphatic rings. The van der Waals surface area contributed by atoms with Gasteiger partial charge in [0.05, 0.1) is 10.8 Å². The van der Waals surface area contributed by atoms with E-state index in [1.54, 1.807) is 0 Å². The fourth-order valence-corrected chi connectivity index (χ4v) is 2.42. The minimum absolute atomic E-state index is 0.113. The van der Waals surface area contributed by atoms with E-state index >= 15 is 0 Å². The number of halogens is 1. The van der Waals surface area contributed by atoms with Crippen molar-refractivity contribution in [2.24, 2.45) is 11.8 Å². The van der Waals surface area contributed by atoms with E-state index in [2.05, 4.69) is 5.32 Å². The standard InChI is InChI=1S/C13H13FN2O5/c14-10-6-9(3-4-11(10)16(20)21)15-12(17)7-1-2-8(5-7)13(18)19/h3-4,6-8H,1-2,5H2,(H,15,17)(H,18,19). The molecule has 0 heterocycles. The molecule has 8 heteroatoms. The maximum atomic E-state index is 13.4. The van der Waals surface area contributed by atoms with E-state index in [-0.39, 0.29) is 12.1 Å². The second-order valence-corrected chi connectivity index (χ2v) is 4.96. The van der Waals surface area contributed by atoms with Gasteiger partial charge in [-0.15, -0.1) is 0 Å². The molecule has 2 rings (SSSR count). The quantitative estimate of drug-likeness (QED) is 0.653. The summed E-state index contributed by atoms with van der Waals surface area (Å²) in [4.78, 5) is 32.4. The number of rotatable bonds is 4. The topological polar surface area (TPSA) is 110 Å². The van der Waals surface area contributed by atoms with Gasteiger partial charge in [-0.2, -0.15) is 4.39 Å². The molecule has 0 aromatic heterocycles. The number of benzene rings is 1. The van der Waals surface area contributed by atoms with Crippen LogP contribution in [0.2, 0.25) is 0 Å². The summed E-state index contributed by atoms with van der Waals surface area (Å²) in [5.41, 5.74) is -0.554. The largest absolute Gasteiger partial charge is 0.481 e. The molecule has 112 valence electrons. The zero-order valence-electron chi connectivity index (χ0n) is 10.9. The summed E-state index contributed by atoms with van der Waals surface area (Å²) in [6.07, 6.45) is 1.14. The number of nitrogens with zero attached hydrogens (tertiary/aromatic N) is 1. The third-order valence-electron chi connectivity index (χ3n) is 3.56. The number of carboxylic acid groups (broad SMARTS) is 1. The highest BCUT2D eigenvalue weighted by atomic mass is 19.1. The number of nitrogens with one attached hydrogen (secondary N) is 1. The van der Waals surface area contributed by atoms with E-state index in [0.29, 0.717) is 12.8 Å². The summed E-state index contributed by atoms with van der Waals surface area (Å²) in [5.74, 6) is -3.33. The van der Waals surface area contributed by atoms with E-state index in [1.165, 1.54) is 6.07 Å². The van der Waals surface area contributed by atoms with Crippen LogP contribution in [-0.4, -0.2) is 21.9 Å². The molecule has 0 aliphatic heterocycles. The third kappa shape index (κ3) is 3.33. The van der Waals surface area contributed by atoms with Crippen molar-refractivity contribution < 1.29 is 24.0 Å². The molecule has 0 spiro atoms. The fourth-order valence-electron chi connectivity index (χ4n) is 2.42. The van der Waals surface area contributed by atoms with Crippen LogP contribution in [0.4, 0.5) is 15.8 Å². The molecule has 0 bridgehead atoms. The van der Waals surface area contributed by atoms with Gasteiger partial charge in [-0.05, 0) is 25.3 Å². The number of amides is 1. The summed E-state index contributed by atoms with van der Waals surface area (Å²) in [6, 6.07) is 3.09. The molecule has 1 amide bonds. The number of carbonyl (C=O) groups excluding carboxylic acids is 1. The normalized spacial score (nSPS) is 21.0. The molecule has 1 saturated carbocycles. The zero-order valence-corrected chi connectivity index (χ0v) is 10.9. The summed E-state index contributed by atoms with van der Waals surface area (Å²) in [6.45, 7) is 0. The molecular weight excluding hydrogens is 283 g/mol. The molecule has 2 N–H and O–H groups in total. The number of carboxylic acids is 1. The number of nitro groups is 1. The Morgan fingerprint density at radius 1 is 1.33 bits per heavy atom. The van der Waals surface area contributed by atoms with Crippen molar-refractivity contribution in [3.8, 4) is 0 Å². The van der Waals surface area contributed by atoms with Crippen molar-refractivity contribution in [2.45, 2.75) is 19.3 Å². The lowest BCUT2D eigenvalue weighted by Gasteiger charge is -2.10. The number of hydrogen-bond donors (Lipinski definition) is 2. The van der Waals surface area contributed by atoms with Crippen LogP contribution in [0.5, 0.6) is 0 Å². The van der Waals surface area contributed by atoms with Crippen molar-refractivity contribution in [1.82, 2.24) is 0 Å². The number of hydrogen-bond acceptors (Lipinski definition) is 4. The summed E-state index contributed by atoms with van der Waals surface area (Å²) in [7, 11) is 0. The first kappa shape index (κ1) is 14.9. The van der Waals surface area contributed by atoms with Crippen molar-refractivity contribution in [1.29, 1.82) is 0 Å². The predicted octanol–water partition coefficient (Wildman–Crippen LogP) is 2.17. The Kier molecular flexibility index (Phi) is 4.15. The molecule has 2 atom stereocenters. The Morgan fingerprint density at radius 3 is 2.52 bits per heavy atom. The molecule has 1 fully saturated rings. The van der Waals surface area contributed by atoms with Crippen LogP contribution in [0.25, 0.3) is 0 Å². The Labute approximate surface area is 118 Å². The molecule has 7 nitrogen and oxygen atoms in total. The maximum Gasteiger partial charge on any atom is 0.306 e. The van der Waals surface area contributed by atoms with E-state index in [0.717, 1.165) is 12.1 Å². The monoisotopic (exact) mass is 296 g/mol. The molecule has 21 heavy (non-hydrogen) atoms. The van der Waals surface area contributed by atoms with Crippen LogP contribution >= 0.6 is 0 Å². The second-order valence-electron chi connectivity index (χ2n) is 4.96. The lowest BCUT2D eigenvalue weighted by Crippen LogP contribution is -2.21. The van der Waals surface area contributed by atoms with Crippen LogP contribution < -0.4 is 5.32 Å². The van der Waals surface area contributed by atoms with Gasteiger partial charge in [0.15, 0.2) is 0 Å². The second kappa shape index (κ2) is 5.86. The van der Waals surface area contributed by atoms with Crippen LogP contribution in [-0.2, 0) is 9.59 Å². The van der Waals surface area contributed by atoms with Gasteiger partial charge in [-0.25, -0.2) is 0 Å². The third-order valence-corrected chi connectivity index (χ3v) is 3.56. The molecule has 0 saturated heterocycles. The Morgan fingerprint density at radius 2 is 2.00 bits per heavy atom. The van der Waals surface area contributed by atoms with Crippen LogP contribution in [0.1, 0.15) is 19.3 Å². The van der Waals surface area contributed by atoms with E-state index in [4.69, 9.17) is 5.11 Å². The zero-order chi connectivity index (χ0) is 15.6. The van der Waals surface area contributed by atoms with Crippen LogP contribution in [0.15, 0.2) is 18.2 Å². The number of aliphatic carboxylic acids is 1. The number of anilines is 1. The highest BCUT2D eigenvalue weighted by Crippen LogP contribution is 2.32. The summed E-state index contributed by atoms with van der Waals surface area (Å²) in [5, 5.41) is 21.8. The predicted molar refractivity (Wildman–Crippen MR) is 70.2 cm³/mol. The van der Waals surface area contributed by atoms with Crippen molar-refractivity contribution in [3.05, 3.63) is 34.1 Å². The minimum atomic E-state index is -1.03. The van der Waals surface area contributed by atoms with Crippen molar-refractivity contribution >= 4 is 23.3 Å². The fraction of sp³-hybridized carbons (Fsp3) is 0.385. The van der Waals surface area contributed by atoms with E-state index in [1.807, 2.05) is 0 Å². The minimum Gasteiger partial charge on any atom is -0.481 e. The van der Waals surface area contributed by atoms with Gasteiger partial charge in [0, 0.05) is 23.7 Å².